The van der Waals surface area contributed by atoms with E-state index in [4.69, 9.17) is 4.98 Å². The SMILES string of the molecule is CCCc1nn(C)c2c(=O)[nH]c(N(C)Cc3ccc(-c4ccncc4)cc3)nc12. The summed E-state index contributed by atoms with van der Waals surface area (Å²) in [5.74, 6) is 0.547. The second-order valence-electron chi connectivity index (χ2n) is 7.20. The van der Waals surface area contributed by atoms with Crippen molar-refractivity contribution in [1.29, 1.82) is 0 Å². The number of nitrogens with zero attached hydrogens (tertiary/aromatic N) is 5. The predicted molar refractivity (Wildman–Crippen MR) is 115 cm³/mol. The first-order valence-corrected chi connectivity index (χ1v) is 9.73. The molecule has 0 amide bonds. The summed E-state index contributed by atoms with van der Waals surface area (Å²) in [5, 5.41) is 4.47. The van der Waals surface area contributed by atoms with Gasteiger partial charge >= 0.3 is 0 Å². The molecule has 29 heavy (non-hydrogen) atoms. The van der Waals surface area contributed by atoms with Gasteiger partial charge < -0.3 is 4.90 Å². The fourth-order valence-electron chi connectivity index (χ4n) is 3.52. The highest BCUT2D eigenvalue weighted by molar-refractivity contribution is 5.77. The van der Waals surface area contributed by atoms with Crippen LogP contribution in [0.5, 0.6) is 0 Å². The number of hydrogen-bond donors (Lipinski definition) is 1. The topological polar surface area (TPSA) is 79.7 Å². The summed E-state index contributed by atoms with van der Waals surface area (Å²) in [7, 11) is 3.71. The molecule has 0 radical (unpaired) electrons. The van der Waals surface area contributed by atoms with Crippen LogP contribution >= 0.6 is 0 Å². The highest BCUT2D eigenvalue weighted by atomic mass is 16.1. The Balaban J connectivity index is 1.60. The van der Waals surface area contributed by atoms with Crippen LogP contribution in [-0.4, -0.2) is 31.8 Å². The van der Waals surface area contributed by atoms with Crippen molar-refractivity contribution in [3.63, 3.8) is 0 Å². The lowest BCUT2D eigenvalue weighted by Gasteiger charge is -2.18. The number of aromatic amines is 1. The van der Waals surface area contributed by atoms with Crippen molar-refractivity contribution >= 4 is 17.0 Å². The third kappa shape index (κ3) is 3.76. The van der Waals surface area contributed by atoms with Crippen LogP contribution in [0, 0.1) is 0 Å². The molecule has 3 aromatic heterocycles. The van der Waals surface area contributed by atoms with Gasteiger partial charge in [-0.3, -0.25) is 19.4 Å². The zero-order chi connectivity index (χ0) is 20.4. The van der Waals surface area contributed by atoms with Crippen molar-refractivity contribution in [3.05, 3.63) is 70.4 Å². The van der Waals surface area contributed by atoms with Crippen LogP contribution in [0.3, 0.4) is 0 Å². The van der Waals surface area contributed by atoms with Crippen LogP contribution in [0.1, 0.15) is 24.6 Å². The first-order valence-electron chi connectivity index (χ1n) is 9.73. The molecule has 0 bridgehead atoms. The summed E-state index contributed by atoms with van der Waals surface area (Å²) in [4.78, 5) is 26.2. The van der Waals surface area contributed by atoms with Crippen molar-refractivity contribution < 1.29 is 0 Å². The average Bonchev–Trinajstić information content (AvgIpc) is 3.05. The summed E-state index contributed by atoms with van der Waals surface area (Å²) < 4.78 is 1.62. The largest absolute Gasteiger partial charge is 0.341 e. The molecule has 0 aliphatic carbocycles. The molecule has 0 aliphatic rings. The van der Waals surface area contributed by atoms with Gasteiger partial charge in [0.1, 0.15) is 5.52 Å². The fourth-order valence-corrected chi connectivity index (χ4v) is 3.52. The molecule has 0 aliphatic heterocycles. The van der Waals surface area contributed by atoms with Crippen molar-refractivity contribution in [2.45, 2.75) is 26.3 Å². The number of anilines is 1. The smallest absolute Gasteiger partial charge is 0.278 e. The lowest BCUT2D eigenvalue weighted by Crippen LogP contribution is -2.23. The van der Waals surface area contributed by atoms with E-state index < -0.39 is 0 Å². The lowest BCUT2D eigenvalue weighted by atomic mass is 10.1. The van der Waals surface area contributed by atoms with Crippen molar-refractivity contribution in [1.82, 2.24) is 24.7 Å². The van der Waals surface area contributed by atoms with E-state index in [1.807, 2.05) is 24.1 Å². The summed E-state index contributed by atoms with van der Waals surface area (Å²) in [6.45, 7) is 2.73. The Morgan fingerprint density at radius 3 is 2.45 bits per heavy atom. The molecule has 0 unspecified atom stereocenters. The molecule has 4 rings (SSSR count). The maximum absolute atomic E-state index is 12.6. The highest BCUT2D eigenvalue weighted by Crippen LogP contribution is 2.21. The van der Waals surface area contributed by atoms with Crippen LogP contribution in [0.15, 0.2) is 53.6 Å². The molecule has 0 saturated carbocycles. The minimum Gasteiger partial charge on any atom is -0.341 e. The zero-order valence-corrected chi connectivity index (χ0v) is 16.9. The average molecular weight is 388 g/mol. The number of hydrogen-bond acceptors (Lipinski definition) is 5. The standard InChI is InChI=1S/C22H24N6O/c1-4-5-18-19-20(28(3)26-18)21(29)25-22(24-19)27(2)14-15-6-8-16(9-7-15)17-10-12-23-13-11-17/h6-13H,4-5,14H2,1-3H3,(H,24,25,29). The van der Waals surface area contributed by atoms with Crippen LogP contribution in [-0.2, 0) is 20.0 Å². The number of aromatic nitrogens is 5. The molecule has 7 nitrogen and oxygen atoms in total. The van der Waals surface area contributed by atoms with Gasteiger partial charge in [-0.1, -0.05) is 37.6 Å². The lowest BCUT2D eigenvalue weighted by molar-refractivity contribution is 0.750. The zero-order valence-electron chi connectivity index (χ0n) is 16.9. The van der Waals surface area contributed by atoms with Crippen LogP contribution < -0.4 is 10.5 Å². The summed E-state index contributed by atoms with van der Waals surface area (Å²) in [6, 6.07) is 12.4. The van der Waals surface area contributed by atoms with E-state index >= 15 is 0 Å². The highest BCUT2D eigenvalue weighted by Gasteiger charge is 2.16. The Kier molecular flexibility index (Phi) is 5.12. The molecule has 1 aromatic carbocycles. The molecular weight excluding hydrogens is 364 g/mol. The third-order valence-corrected chi connectivity index (χ3v) is 4.99. The van der Waals surface area contributed by atoms with Gasteiger partial charge in [0.05, 0.1) is 5.69 Å². The van der Waals surface area contributed by atoms with Gasteiger partial charge in [-0.25, -0.2) is 4.98 Å². The van der Waals surface area contributed by atoms with Gasteiger partial charge in [0, 0.05) is 33.0 Å². The van der Waals surface area contributed by atoms with Crippen LogP contribution in [0.2, 0.25) is 0 Å². The molecule has 7 heteroatoms. The quantitative estimate of drug-likeness (QED) is 0.548. The number of benzene rings is 1. The van der Waals surface area contributed by atoms with Gasteiger partial charge in [-0.2, -0.15) is 5.10 Å². The Bertz CT molecular complexity index is 1180. The third-order valence-electron chi connectivity index (χ3n) is 4.99. The normalized spacial score (nSPS) is 11.1. The Morgan fingerprint density at radius 2 is 1.76 bits per heavy atom. The van der Waals surface area contributed by atoms with Gasteiger partial charge in [0.2, 0.25) is 5.95 Å². The molecule has 4 aromatic rings. The van der Waals surface area contributed by atoms with Gasteiger partial charge in [-0.05, 0) is 35.2 Å². The first-order chi connectivity index (χ1) is 14.1. The monoisotopic (exact) mass is 388 g/mol. The summed E-state index contributed by atoms with van der Waals surface area (Å²) in [6.07, 6.45) is 5.34. The molecule has 148 valence electrons. The van der Waals surface area contributed by atoms with Gasteiger partial charge in [0.25, 0.3) is 5.56 Å². The molecular formula is C22H24N6O. The summed E-state index contributed by atoms with van der Waals surface area (Å²) in [5.41, 5.74) is 5.32. The number of aryl methyl sites for hydroxylation is 2. The second-order valence-corrected chi connectivity index (χ2v) is 7.20. The maximum Gasteiger partial charge on any atom is 0.278 e. The van der Waals surface area contributed by atoms with Gasteiger partial charge in [-0.15, -0.1) is 0 Å². The van der Waals surface area contributed by atoms with Crippen LogP contribution in [0.25, 0.3) is 22.2 Å². The number of nitrogens with one attached hydrogen (secondary N) is 1. The molecule has 0 atom stereocenters. The molecule has 0 saturated heterocycles. The number of pyridine rings is 1. The maximum atomic E-state index is 12.6. The van der Waals surface area contributed by atoms with E-state index in [-0.39, 0.29) is 5.56 Å². The van der Waals surface area contributed by atoms with E-state index in [1.165, 1.54) is 0 Å². The Hall–Kier alpha value is -3.48. The molecule has 3 heterocycles. The van der Waals surface area contributed by atoms with E-state index in [2.05, 4.69) is 46.3 Å². The Labute approximate surface area is 169 Å². The van der Waals surface area contributed by atoms with Crippen molar-refractivity contribution in [2.24, 2.45) is 7.05 Å². The van der Waals surface area contributed by atoms with E-state index in [0.29, 0.717) is 23.5 Å². The molecule has 0 fully saturated rings. The first kappa shape index (κ1) is 18.9. The number of rotatable bonds is 6. The van der Waals surface area contributed by atoms with Crippen molar-refractivity contribution in [3.8, 4) is 11.1 Å². The van der Waals surface area contributed by atoms with E-state index in [9.17, 15) is 4.79 Å². The van der Waals surface area contributed by atoms with Gasteiger partial charge in [0.15, 0.2) is 5.52 Å². The van der Waals surface area contributed by atoms with Crippen LogP contribution in [0.4, 0.5) is 5.95 Å². The number of H-pyrrole nitrogens is 1. The minimum atomic E-state index is -0.165. The predicted octanol–water partition coefficient (Wildman–Crippen LogP) is 3.31. The van der Waals surface area contributed by atoms with Crippen molar-refractivity contribution in [2.75, 3.05) is 11.9 Å². The Morgan fingerprint density at radius 1 is 1.07 bits per heavy atom. The fraction of sp³-hybridized carbons (Fsp3) is 0.273. The van der Waals surface area contributed by atoms with E-state index in [1.54, 1.807) is 24.1 Å². The second kappa shape index (κ2) is 7.87. The molecule has 0 spiro atoms. The molecule has 1 N–H and O–H groups in total. The minimum absolute atomic E-state index is 0.165. The van der Waals surface area contributed by atoms with E-state index in [0.717, 1.165) is 35.2 Å². The number of fused-ring (bicyclic) bond motifs is 1. The summed E-state index contributed by atoms with van der Waals surface area (Å²) >= 11 is 0.